The third kappa shape index (κ3) is 3.36. The molecule has 0 spiro atoms. The van der Waals surface area contributed by atoms with Crippen LogP contribution in [0.15, 0.2) is 47.3 Å². The molecule has 0 bridgehead atoms. The highest BCUT2D eigenvalue weighted by molar-refractivity contribution is 5.43. The second kappa shape index (κ2) is 7.64. The fourth-order valence-electron chi connectivity index (χ4n) is 4.11. The molecule has 0 unspecified atom stereocenters. The molecule has 6 heteroatoms. The predicted octanol–water partition coefficient (Wildman–Crippen LogP) is 3.36. The molecule has 3 aromatic rings. The van der Waals surface area contributed by atoms with Crippen LogP contribution in [0, 0.1) is 6.92 Å². The van der Waals surface area contributed by atoms with Crippen LogP contribution < -0.4 is 15.0 Å². The molecular weight excluding hydrogens is 354 g/mol. The lowest BCUT2D eigenvalue weighted by atomic mass is 10.0. The standard InChI is InChI=1S/C22H25N3O3/c1-15-6-4-8-21-23-16(12-22(26)25(15)21)14-24-11-5-7-19(24)18-10-9-17(27-2)13-20(18)28-3/h4,6,8-10,12-13,19H,5,7,11,14H2,1-3H3/t19-/m1/s1. The number of benzene rings is 1. The summed E-state index contributed by atoms with van der Waals surface area (Å²) in [5.41, 5.74) is 3.50. The maximum Gasteiger partial charge on any atom is 0.258 e. The van der Waals surface area contributed by atoms with Gasteiger partial charge in [0.1, 0.15) is 17.1 Å². The van der Waals surface area contributed by atoms with Gasteiger partial charge in [0.25, 0.3) is 5.56 Å². The monoisotopic (exact) mass is 379 g/mol. The molecule has 1 fully saturated rings. The van der Waals surface area contributed by atoms with Crippen LogP contribution in [-0.2, 0) is 6.54 Å². The van der Waals surface area contributed by atoms with Gasteiger partial charge in [0.05, 0.1) is 19.9 Å². The van der Waals surface area contributed by atoms with Gasteiger partial charge in [-0.25, -0.2) is 4.98 Å². The zero-order valence-electron chi connectivity index (χ0n) is 16.5. The molecule has 1 saturated heterocycles. The molecule has 0 aliphatic carbocycles. The summed E-state index contributed by atoms with van der Waals surface area (Å²) in [6, 6.07) is 13.6. The fraction of sp³-hybridized carbons (Fsp3) is 0.364. The predicted molar refractivity (Wildman–Crippen MR) is 108 cm³/mol. The molecule has 0 saturated carbocycles. The Labute approximate surface area is 164 Å². The lowest BCUT2D eigenvalue weighted by Crippen LogP contribution is -2.26. The van der Waals surface area contributed by atoms with Crippen LogP contribution in [-0.4, -0.2) is 35.0 Å². The highest BCUT2D eigenvalue weighted by Crippen LogP contribution is 2.39. The van der Waals surface area contributed by atoms with Gasteiger partial charge in [-0.2, -0.15) is 0 Å². The summed E-state index contributed by atoms with van der Waals surface area (Å²) in [5, 5.41) is 0. The number of ether oxygens (including phenoxy) is 2. The van der Waals surface area contributed by atoms with Crippen molar-refractivity contribution in [3.63, 3.8) is 0 Å². The molecular formula is C22H25N3O3. The zero-order chi connectivity index (χ0) is 19.7. The Bertz CT molecular complexity index is 1060. The minimum Gasteiger partial charge on any atom is -0.497 e. The molecule has 3 heterocycles. The van der Waals surface area contributed by atoms with Crippen molar-refractivity contribution in [1.82, 2.24) is 14.3 Å². The van der Waals surface area contributed by atoms with Gasteiger partial charge in [-0.05, 0) is 44.5 Å². The van der Waals surface area contributed by atoms with Crippen LogP contribution >= 0.6 is 0 Å². The van der Waals surface area contributed by atoms with Gasteiger partial charge in [0, 0.05) is 36.0 Å². The van der Waals surface area contributed by atoms with Crippen LogP contribution in [0.2, 0.25) is 0 Å². The van der Waals surface area contributed by atoms with E-state index in [2.05, 4.69) is 11.0 Å². The van der Waals surface area contributed by atoms with E-state index in [1.165, 1.54) is 0 Å². The van der Waals surface area contributed by atoms with Crippen LogP contribution in [0.25, 0.3) is 5.65 Å². The molecule has 28 heavy (non-hydrogen) atoms. The van der Waals surface area contributed by atoms with Gasteiger partial charge >= 0.3 is 0 Å². The zero-order valence-corrected chi connectivity index (χ0v) is 16.5. The number of aromatic nitrogens is 2. The normalized spacial score (nSPS) is 17.2. The molecule has 1 atom stereocenters. The first-order valence-electron chi connectivity index (χ1n) is 9.55. The largest absolute Gasteiger partial charge is 0.497 e. The first-order chi connectivity index (χ1) is 13.6. The Balaban J connectivity index is 1.65. The Kier molecular flexibility index (Phi) is 5.05. The average Bonchev–Trinajstić information content (AvgIpc) is 3.15. The van der Waals surface area contributed by atoms with Gasteiger partial charge < -0.3 is 9.47 Å². The van der Waals surface area contributed by atoms with Gasteiger partial charge in [-0.15, -0.1) is 0 Å². The molecule has 146 valence electrons. The van der Waals surface area contributed by atoms with E-state index in [9.17, 15) is 4.79 Å². The summed E-state index contributed by atoms with van der Waals surface area (Å²) in [7, 11) is 3.34. The van der Waals surface area contributed by atoms with Crippen molar-refractivity contribution in [2.75, 3.05) is 20.8 Å². The number of hydrogen-bond acceptors (Lipinski definition) is 5. The first kappa shape index (κ1) is 18.5. The number of likely N-dealkylation sites (tertiary alicyclic amines) is 1. The van der Waals surface area contributed by atoms with Crippen molar-refractivity contribution in [2.45, 2.75) is 32.4 Å². The Morgan fingerprint density at radius 1 is 1.14 bits per heavy atom. The molecule has 4 rings (SSSR count). The maximum atomic E-state index is 12.6. The molecule has 2 aromatic heterocycles. The van der Waals surface area contributed by atoms with Crippen molar-refractivity contribution < 1.29 is 9.47 Å². The molecule has 6 nitrogen and oxygen atoms in total. The van der Waals surface area contributed by atoms with Crippen molar-refractivity contribution in [1.29, 1.82) is 0 Å². The minimum atomic E-state index is -0.0316. The summed E-state index contributed by atoms with van der Waals surface area (Å²) < 4.78 is 12.6. The number of methoxy groups -OCH3 is 2. The second-order valence-electron chi connectivity index (χ2n) is 7.18. The highest BCUT2D eigenvalue weighted by Gasteiger charge is 2.29. The van der Waals surface area contributed by atoms with Crippen LogP contribution in [0.5, 0.6) is 11.5 Å². The van der Waals surface area contributed by atoms with E-state index in [1.807, 2.05) is 37.3 Å². The SMILES string of the molecule is COc1ccc([C@H]2CCCN2Cc2cc(=O)n3c(C)cccc3n2)c(OC)c1. The average molecular weight is 379 g/mol. The Morgan fingerprint density at radius 3 is 2.79 bits per heavy atom. The van der Waals surface area contributed by atoms with E-state index < -0.39 is 0 Å². The molecule has 0 N–H and O–H groups in total. The summed E-state index contributed by atoms with van der Waals surface area (Å²) >= 11 is 0. The van der Waals surface area contributed by atoms with Gasteiger partial charge in [-0.1, -0.05) is 12.1 Å². The number of fused-ring (bicyclic) bond motifs is 1. The number of nitrogens with zero attached hydrogens (tertiary/aromatic N) is 3. The molecule has 0 amide bonds. The van der Waals surface area contributed by atoms with Crippen molar-refractivity contribution in [3.05, 3.63) is 69.8 Å². The third-order valence-corrected chi connectivity index (χ3v) is 5.46. The number of rotatable bonds is 5. The summed E-state index contributed by atoms with van der Waals surface area (Å²) in [6.45, 7) is 3.52. The topological polar surface area (TPSA) is 56.1 Å². The van der Waals surface area contributed by atoms with Crippen molar-refractivity contribution in [3.8, 4) is 11.5 Å². The van der Waals surface area contributed by atoms with E-state index in [4.69, 9.17) is 14.5 Å². The lowest BCUT2D eigenvalue weighted by Gasteiger charge is -2.26. The maximum absolute atomic E-state index is 12.6. The van der Waals surface area contributed by atoms with E-state index in [1.54, 1.807) is 24.7 Å². The van der Waals surface area contributed by atoms with E-state index in [0.29, 0.717) is 12.2 Å². The molecule has 1 aliphatic heterocycles. The summed E-state index contributed by atoms with van der Waals surface area (Å²) in [4.78, 5) is 19.7. The fourth-order valence-corrected chi connectivity index (χ4v) is 4.11. The third-order valence-electron chi connectivity index (χ3n) is 5.46. The van der Waals surface area contributed by atoms with Gasteiger partial charge in [0.2, 0.25) is 0 Å². The number of aryl methyl sites for hydroxylation is 1. The van der Waals surface area contributed by atoms with E-state index >= 15 is 0 Å². The van der Waals surface area contributed by atoms with E-state index in [-0.39, 0.29) is 11.6 Å². The Hall–Kier alpha value is -2.86. The van der Waals surface area contributed by atoms with Crippen LogP contribution in [0.4, 0.5) is 0 Å². The summed E-state index contributed by atoms with van der Waals surface area (Å²) in [6.07, 6.45) is 2.15. The first-order valence-corrected chi connectivity index (χ1v) is 9.55. The number of pyridine rings is 1. The highest BCUT2D eigenvalue weighted by atomic mass is 16.5. The van der Waals surface area contributed by atoms with Gasteiger partial charge in [-0.3, -0.25) is 14.1 Å². The summed E-state index contributed by atoms with van der Waals surface area (Å²) in [5.74, 6) is 1.61. The van der Waals surface area contributed by atoms with Crippen molar-refractivity contribution >= 4 is 5.65 Å². The Morgan fingerprint density at radius 2 is 2.00 bits per heavy atom. The second-order valence-corrected chi connectivity index (χ2v) is 7.18. The smallest absolute Gasteiger partial charge is 0.258 e. The van der Waals surface area contributed by atoms with Crippen molar-refractivity contribution in [2.24, 2.45) is 0 Å². The number of hydrogen-bond donors (Lipinski definition) is 0. The van der Waals surface area contributed by atoms with Crippen LogP contribution in [0.1, 0.15) is 35.8 Å². The molecule has 0 radical (unpaired) electrons. The molecule has 1 aliphatic rings. The lowest BCUT2D eigenvalue weighted by molar-refractivity contribution is 0.240. The van der Waals surface area contributed by atoms with Crippen LogP contribution in [0.3, 0.4) is 0 Å². The minimum absolute atomic E-state index is 0.0316. The quantitative estimate of drug-likeness (QED) is 0.680. The van der Waals surface area contributed by atoms with Gasteiger partial charge in [0.15, 0.2) is 0 Å². The van der Waals surface area contributed by atoms with E-state index in [0.717, 1.165) is 47.8 Å². The molecule has 1 aromatic carbocycles.